The van der Waals surface area contributed by atoms with Crippen LogP contribution in [0.1, 0.15) is 43.1 Å². The van der Waals surface area contributed by atoms with Crippen molar-refractivity contribution < 1.29 is 27.5 Å². The van der Waals surface area contributed by atoms with Crippen LogP contribution in [0.15, 0.2) is 47.4 Å². The van der Waals surface area contributed by atoms with Gasteiger partial charge in [0.25, 0.3) is 17.6 Å². The number of rotatable bonds is 7. The van der Waals surface area contributed by atoms with E-state index in [9.17, 15) is 22.8 Å². The van der Waals surface area contributed by atoms with Crippen LogP contribution in [0.4, 0.5) is 5.69 Å². The van der Waals surface area contributed by atoms with E-state index in [0.29, 0.717) is 11.4 Å². The molecule has 4 rings (SSSR count). The Balaban J connectivity index is 1.33. The maximum absolute atomic E-state index is 13.1. The number of sulfonamides is 1. The zero-order valence-corrected chi connectivity index (χ0v) is 20.9. The summed E-state index contributed by atoms with van der Waals surface area (Å²) in [6.45, 7) is 7.07. The van der Waals surface area contributed by atoms with Gasteiger partial charge in [-0.2, -0.15) is 4.31 Å². The van der Waals surface area contributed by atoms with Crippen molar-refractivity contribution in [2.75, 3.05) is 38.1 Å². The normalized spacial score (nSPS) is 16.7. The summed E-state index contributed by atoms with van der Waals surface area (Å²) < 4.78 is 33.1. The molecule has 1 fully saturated rings. The van der Waals surface area contributed by atoms with Gasteiger partial charge in [0.1, 0.15) is 5.75 Å². The lowest BCUT2D eigenvalue weighted by atomic mass is 9.82. The van der Waals surface area contributed by atoms with E-state index in [1.165, 1.54) is 28.1 Å². The average molecular weight is 500 g/mol. The lowest BCUT2D eigenvalue weighted by molar-refractivity contribution is -0.134. The van der Waals surface area contributed by atoms with E-state index in [1.54, 1.807) is 4.90 Å². The van der Waals surface area contributed by atoms with E-state index in [2.05, 4.69) is 26.1 Å². The number of carbonyl (C=O) groups is 3. The maximum atomic E-state index is 13.1. The molecule has 2 aromatic carbocycles. The topological polar surface area (TPSA) is 113 Å². The smallest absolute Gasteiger partial charge is 0.296 e. The van der Waals surface area contributed by atoms with Crippen molar-refractivity contribution in [3.63, 3.8) is 0 Å². The summed E-state index contributed by atoms with van der Waals surface area (Å²) >= 11 is 0. The minimum absolute atomic E-state index is 0.0494. The minimum atomic E-state index is -3.87. The summed E-state index contributed by atoms with van der Waals surface area (Å²) in [6.07, 6.45) is 1.01. The number of Topliss-reactive ketones (excluding diaryl/α,β-unsaturated/α-hetero) is 1. The Labute approximate surface area is 205 Å². The van der Waals surface area contributed by atoms with E-state index < -0.39 is 21.7 Å². The first-order chi connectivity index (χ1) is 16.5. The summed E-state index contributed by atoms with van der Waals surface area (Å²) in [5.74, 6) is -1.14. The van der Waals surface area contributed by atoms with Gasteiger partial charge in [0, 0.05) is 26.2 Å². The molecule has 0 aliphatic carbocycles. The van der Waals surface area contributed by atoms with Crippen molar-refractivity contribution in [3.8, 4) is 5.75 Å². The van der Waals surface area contributed by atoms with Crippen LogP contribution in [0.5, 0.6) is 5.75 Å². The molecule has 0 atom stereocenters. The van der Waals surface area contributed by atoms with Gasteiger partial charge in [-0.05, 0) is 47.7 Å². The van der Waals surface area contributed by atoms with Crippen molar-refractivity contribution in [1.29, 1.82) is 0 Å². The molecule has 0 aromatic heterocycles. The molecule has 2 amide bonds. The Morgan fingerprint density at radius 1 is 1.03 bits per heavy atom. The molecule has 0 radical (unpaired) electrons. The van der Waals surface area contributed by atoms with Crippen LogP contribution in [0.3, 0.4) is 0 Å². The first-order valence-electron chi connectivity index (χ1n) is 11.5. The third-order valence-corrected chi connectivity index (χ3v) is 8.70. The highest BCUT2D eigenvalue weighted by Gasteiger charge is 2.33. The summed E-state index contributed by atoms with van der Waals surface area (Å²) in [6, 6.07) is 11.7. The monoisotopic (exact) mass is 499 g/mol. The fourth-order valence-electron chi connectivity index (χ4n) is 4.05. The highest BCUT2D eigenvalue weighted by Crippen LogP contribution is 2.29. The van der Waals surface area contributed by atoms with Crippen LogP contribution in [-0.4, -0.2) is 68.0 Å². The Hall–Kier alpha value is -3.24. The standard InChI is InChI=1S/C25H29N3O6S/c1-4-25(2,3)17-5-7-18(8-6-17)34-16-22(29)27-11-13-28(14-12-27)35(32,33)19-9-10-21-20(15-19)23(30)24(31)26-21/h5-10,15H,4,11-14,16H2,1-3H3,(H,26,30,31). The Kier molecular flexibility index (Phi) is 6.70. The van der Waals surface area contributed by atoms with E-state index in [-0.39, 0.29) is 54.6 Å². The predicted octanol–water partition coefficient (Wildman–Crippen LogP) is 2.42. The van der Waals surface area contributed by atoms with Gasteiger partial charge in [0.05, 0.1) is 16.1 Å². The van der Waals surface area contributed by atoms with Crippen molar-refractivity contribution in [1.82, 2.24) is 9.21 Å². The zero-order valence-electron chi connectivity index (χ0n) is 20.0. The molecule has 0 saturated carbocycles. The quantitative estimate of drug-likeness (QED) is 0.586. The minimum Gasteiger partial charge on any atom is -0.484 e. The molecular weight excluding hydrogens is 470 g/mol. The van der Waals surface area contributed by atoms with Crippen LogP contribution in [0.2, 0.25) is 0 Å². The fourth-order valence-corrected chi connectivity index (χ4v) is 5.50. The number of fused-ring (bicyclic) bond motifs is 1. The number of nitrogens with zero attached hydrogens (tertiary/aromatic N) is 2. The first kappa shape index (κ1) is 24.9. The highest BCUT2D eigenvalue weighted by molar-refractivity contribution is 7.89. The molecule has 1 saturated heterocycles. The summed E-state index contributed by atoms with van der Waals surface area (Å²) in [4.78, 5) is 37.6. The lowest BCUT2D eigenvalue weighted by Crippen LogP contribution is -2.51. The van der Waals surface area contributed by atoms with E-state index in [4.69, 9.17) is 4.74 Å². The number of amides is 2. The van der Waals surface area contributed by atoms with Crippen molar-refractivity contribution in [2.24, 2.45) is 0 Å². The second-order valence-electron chi connectivity index (χ2n) is 9.33. The van der Waals surface area contributed by atoms with Gasteiger partial charge in [-0.25, -0.2) is 8.42 Å². The molecule has 9 nitrogen and oxygen atoms in total. The Morgan fingerprint density at radius 3 is 2.31 bits per heavy atom. The Morgan fingerprint density at radius 2 is 1.69 bits per heavy atom. The molecule has 0 bridgehead atoms. The molecule has 186 valence electrons. The molecular formula is C25H29N3O6S. The van der Waals surface area contributed by atoms with Crippen LogP contribution in [-0.2, 0) is 25.0 Å². The number of carbonyl (C=O) groups excluding carboxylic acids is 3. The zero-order chi connectivity index (χ0) is 25.4. The fraction of sp³-hybridized carbons (Fsp3) is 0.400. The molecule has 0 spiro atoms. The SMILES string of the molecule is CCC(C)(C)c1ccc(OCC(=O)N2CCN(S(=O)(=O)c3ccc4c(c3)C(=O)C(=O)N4)CC2)cc1. The lowest BCUT2D eigenvalue weighted by Gasteiger charge is -2.34. The van der Waals surface area contributed by atoms with Gasteiger partial charge in [-0.1, -0.05) is 32.9 Å². The molecule has 10 heteroatoms. The number of anilines is 1. The Bertz CT molecular complexity index is 1260. The summed E-state index contributed by atoms with van der Waals surface area (Å²) in [5.41, 5.74) is 1.62. The van der Waals surface area contributed by atoms with Crippen LogP contribution in [0.25, 0.3) is 0 Å². The van der Waals surface area contributed by atoms with Gasteiger partial charge in [-0.3, -0.25) is 14.4 Å². The molecule has 0 unspecified atom stereocenters. The molecule has 2 aliphatic rings. The van der Waals surface area contributed by atoms with Gasteiger partial charge in [-0.15, -0.1) is 0 Å². The van der Waals surface area contributed by atoms with Crippen LogP contribution < -0.4 is 10.1 Å². The van der Waals surface area contributed by atoms with Crippen LogP contribution >= 0.6 is 0 Å². The van der Waals surface area contributed by atoms with Gasteiger partial charge in [0.2, 0.25) is 10.0 Å². The van der Waals surface area contributed by atoms with Gasteiger partial charge >= 0.3 is 0 Å². The molecule has 35 heavy (non-hydrogen) atoms. The third kappa shape index (κ3) is 4.94. The largest absolute Gasteiger partial charge is 0.484 e. The third-order valence-electron chi connectivity index (χ3n) is 6.80. The average Bonchev–Trinajstić information content (AvgIpc) is 3.15. The van der Waals surface area contributed by atoms with E-state index in [0.717, 1.165) is 6.42 Å². The second kappa shape index (κ2) is 9.43. The van der Waals surface area contributed by atoms with E-state index in [1.807, 2.05) is 24.3 Å². The number of hydrogen-bond acceptors (Lipinski definition) is 6. The van der Waals surface area contributed by atoms with Crippen molar-refractivity contribution in [2.45, 2.75) is 37.5 Å². The first-order valence-corrected chi connectivity index (χ1v) is 13.0. The summed E-state index contributed by atoms with van der Waals surface area (Å²) in [5, 5.41) is 2.41. The van der Waals surface area contributed by atoms with Crippen molar-refractivity contribution in [3.05, 3.63) is 53.6 Å². The summed E-state index contributed by atoms with van der Waals surface area (Å²) in [7, 11) is -3.87. The number of hydrogen-bond donors (Lipinski definition) is 1. The van der Waals surface area contributed by atoms with Crippen molar-refractivity contribution >= 4 is 33.3 Å². The number of nitrogens with one attached hydrogen (secondary N) is 1. The number of ketones is 1. The van der Waals surface area contributed by atoms with Crippen LogP contribution in [0, 0.1) is 0 Å². The highest BCUT2D eigenvalue weighted by atomic mass is 32.2. The number of benzene rings is 2. The number of ether oxygens (including phenoxy) is 1. The number of piperazine rings is 1. The molecule has 1 N–H and O–H groups in total. The van der Waals surface area contributed by atoms with Gasteiger partial charge < -0.3 is 15.0 Å². The van der Waals surface area contributed by atoms with E-state index >= 15 is 0 Å². The molecule has 2 heterocycles. The second-order valence-corrected chi connectivity index (χ2v) is 11.3. The molecule has 2 aromatic rings. The van der Waals surface area contributed by atoms with Gasteiger partial charge in [0.15, 0.2) is 6.61 Å². The maximum Gasteiger partial charge on any atom is 0.296 e. The predicted molar refractivity (Wildman–Crippen MR) is 130 cm³/mol. The molecule has 2 aliphatic heterocycles.